The highest BCUT2D eigenvalue weighted by Crippen LogP contribution is 2.39. The monoisotopic (exact) mass is 481 g/mol. The van der Waals surface area contributed by atoms with Crippen LogP contribution in [0.2, 0.25) is 0 Å². The maximum atomic E-state index is 13.4. The fourth-order valence-electron chi connectivity index (χ4n) is 3.70. The van der Waals surface area contributed by atoms with Gasteiger partial charge in [0.15, 0.2) is 0 Å². The molecular weight excluding hydrogens is 460 g/mol. The summed E-state index contributed by atoms with van der Waals surface area (Å²) < 4.78 is 60.0. The standard InChI is InChI=1S/C21H21F2N3O6S/c22-13-1-4-17(5-2-13)33(30,31)26-11-16(10-24-20(27)12-7-14(23)8-12)32-19-6-3-15(9-18(19)26)25-21(28)29/h1-6,9,12,14,16,25H,7-8,10-11H2,(H,24,27)(H,28,29). The van der Waals surface area contributed by atoms with E-state index in [-0.39, 0.29) is 53.9 Å². The van der Waals surface area contributed by atoms with Crippen LogP contribution in [0.4, 0.5) is 25.0 Å². The zero-order valence-corrected chi connectivity index (χ0v) is 18.0. The van der Waals surface area contributed by atoms with Gasteiger partial charge in [0.2, 0.25) is 5.91 Å². The normalized spacial score (nSPS) is 21.9. The highest BCUT2D eigenvalue weighted by Gasteiger charge is 2.37. The summed E-state index contributed by atoms with van der Waals surface area (Å²) in [7, 11) is -4.18. The summed E-state index contributed by atoms with van der Waals surface area (Å²) in [5.74, 6) is -1.18. The Morgan fingerprint density at radius 2 is 1.85 bits per heavy atom. The third-order valence-electron chi connectivity index (χ3n) is 5.50. The summed E-state index contributed by atoms with van der Waals surface area (Å²) in [4.78, 5) is 23.0. The van der Waals surface area contributed by atoms with Gasteiger partial charge in [-0.1, -0.05) is 0 Å². The third kappa shape index (κ3) is 4.85. The summed E-state index contributed by atoms with van der Waals surface area (Å²) in [6.07, 6.45) is -2.76. The van der Waals surface area contributed by atoms with Gasteiger partial charge in [-0.3, -0.25) is 14.4 Å². The van der Waals surface area contributed by atoms with E-state index in [0.29, 0.717) is 0 Å². The van der Waals surface area contributed by atoms with Crippen molar-refractivity contribution in [1.29, 1.82) is 0 Å². The van der Waals surface area contributed by atoms with Crippen molar-refractivity contribution in [3.8, 4) is 5.75 Å². The zero-order valence-electron chi connectivity index (χ0n) is 17.2. The third-order valence-corrected chi connectivity index (χ3v) is 7.29. The van der Waals surface area contributed by atoms with Gasteiger partial charge in [-0.25, -0.2) is 22.0 Å². The van der Waals surface area contributed by atoms with Crippen LogP contribution in [0, 0.1) is 11.7 Å². The van der Waals surface area contributed by atoms with Crippen LogP contribution < -0.4 is 19.7 Å². The van der Waals surface area contributed by atoms with Crippen molar-refractivity contribution >= 4 is 33.4 Å². The van der Waals surface area contributed by atoms with Crippen LogP contribution >= 0.6 is 0 Å². The van der Waals surface area contributed by atoms with Gasteiger partial charge in [0.25, 0.3) is 10.0 Å². The molecule has 1 fully saturated rings. The predicted octanol–water partition coefficient (Wildman–Crippen LogP) is 2.74. The van der Waals surface area contributed by atoms with Crippen LogP contribution in [0.3, 0.4) is 0 Å². The molecule has 2 aromatic carbocycles. The molecule has 1 aliphatic heterocycles. The largest absolute Gasteiger partial charge is 0.484 e. The first-order valence-corrected chi connectivity index (χ1v) is 11.6. The number of hydrogen-bond acceptors (Lipinski definition) is 5. The topological polar surface area (TPSA) is 125 Å². The van der Waals surface area contributed by atoms with Crippen LogP contribution in [-0.4, -0.2) is 50.9 Å². The zero-order chi connectivity index (χ0) is 23.8. The molecule has 33 heavy (non-hydrogen) atoms. The molecule has 2 aliphatic rings. The first-order valence-electron chi connectivity index (χ1n) is 10.1. The Hall–Kier alpha value is -3.41. The van der Waals surface area contributed by atoms with Crippen molar-refractivity contribution in [3.63, 3.8) is 0 Å². The number of nitrogens with one attached hydrogen (secondary N) is 2. The van der Waals surface area contributed by atoms with E-state index < -0.39 is 40.1 Å². The number of benzene rings is 2. The minimum absolute atomic E-state index is 0.0176. The lowest BCUT2D eigenvalue weighted by molar-refractivity contribution is -0.129. The average molecular weight is 481 g/mol. The number of halogens is 2. The number of ether oxygens (including phenoxy) is 1. The van der Waals surface area contributed by atoms with E-state index in [9.17, 15) is 26.8 Å². The minimum Gasteiger partial charge on any atom is -0.484 e. The van der Waals surface area contributed by atoms with Crippen LogP contribution in [0.1, 0.15) is 12.8 Å². The molecule has 3 N–H and O–H groups in total. The van der Waals surface area contributed by atoms with E-state index in [2.05, 4.69) is 10.6 Å². The molecule has 0 aromatic heterocycles. The first-order chi connectivity index (χ1) is 15.6. The number of hydrogen-bond donors (Lipinski definition) is 3. The van der Waals surface area contributed by atoms with Gasteiger partial charge >= 0.3 is 6.09 Å². The number of carbonyl (C=O) groups excluding carboxylic acids is 1. The van der Waals surface area contributed by atoms with E-state index in [4.69, 9.17) is 9.84 Å². The second kappa shape index (κ2) is 8.85. The van der Waals surface area contributed by atoms with Gasteiger partial charge < -0.3 is 15.2 Å². The molecule has 1 heterocycles. The minimum atomic E-state index is -4.18. The predicted molar refractivity (Wildman–Crippen MR) is 114 cm³/mol. The van der Waals surface area contributed by atoms with Crippen molar-refractivity contribution in [2.24, 2.45) is 5.92 Å². The Balaban J connectivity index is 1.61. The molecule has 0 saturated heterocycles. The van der Waals surface area contributed by atoms with Gasteiger partial charge in [0, 0.05) is 11.6 Å². The molecule has 9 nitrogen and oxygen atoms in total. The van der Waals surface area contributed by atoms with Crippen LogP contribution in [0.15, 0.2) is 47.4 Å². The van der Waals surface area contributed by atoms with Gasteiger partial charge in [-0.2, -0.15) is 0 Å². The number of amides is 2. The number of carbonyl (C=O) groups is 2. The molecule has 12 heteroatoms. The second-order valence-electron chi connectivity index (χ2n) is 7.85. The summed E-state index contributed by atoms with van der Waals surface area (Å²) in [6, 6.07) is 8.43. The highest BCUT2D eigenvalue weighted by atomic mass is 32.2. The van der Waals surface area contributed by atoms with Gasteiger partial charge in [0.1, 0.15) is 23.8 Å². The molecule has 1 saturated carbocycles. The number of rotatable bonds is 6. The van der Waals surface area contributed by atoms with E-state index in [1.54, 1.807) is 0 Å². The van der Waals surface area contributed by atoms with Crippen molar-refractivity contribution in [2.75, 3.05) is 22.7 Å². The number of carboxylic acid groups (broad SMARTS) is 1. The molecule has 1 unspecified atom stereocenters. The molecule has 2 amide bonds. The molecule has 176 valence electrons. The molecule has 4 rings (SSSR count). The highest BCUT2D eigenvalue weighted by molar-refractivity contribution is 7.92. The fraction of sp³-hybridized carbons (Fsp3) is 0.333. The maximum Gasteiger partial charge on any atom is 0.409 e. The van der Waals surface area contributed by atoms with E-state index in [0.717, 1.165) is 28.6 Å². The lowest BCUT2D eigenvalue weighted by Crippen LogP contribution is -2.50. The summed E-state index contributed by atoms with van der Waals surface area (Å²) in [5, 5.41) is 13.8. The van der Waals surface area contributed by atoms with Crippen LogP contribution in [0.5, 0.6) is 5.75 Å². The van der Waals surface area contributed by atoms with E-state index in [1.807, 2.05) is 0 Å². The van der Waals surface area contributed by atoms with Crippen molar-refractivity contribution in [1.82, 2.24) is 5.32 Å². The lowest BCUT2D eigenvalue weighted by Gasteiger charge is -2.36. The smallest absolute Gasteiger partial charge is 0.409 e. The Bertz CT molecular complexity index is 1170. The van der Waals surface area contributed by atoms with Gasteiger partial charge in [-0.15, -0.1) is 0 Å². The maximum absolute atomic E-state index is 13.4. The second-order valence-corrected chi connectivity index (χ2v) is 9.72. The quantitative estimate of drug-likeness (QED) is 0.583. The summed E-state index contributed by atoms with van der Waals surface area (Å²) in [6.45, 7) is -0.212. The van der Waals surface area contributed by atoms with Gasteiger partial charge in [-0.05, 0) is 55.3 Å². The number of alkyl halides is 1. The van der Waals surface area contributed by atoms with Crippen LogP contribution in [-0.2, 0) is 14.8 Å². The Morgan fingerprint density at radius 1 is 1.15 bits per heavy atom. The fourth-order valence-corrected chi connectivity index (χ4v) is 5.20. The summed E-state index contributed by atoms with van der Waals surface area (Å²) in [5.41, 5.74) is 0.217. The van der Waals surface area contributed by atoms with Crippen molar-refractivity contribution in [2.45, 2.75) is 30.0 Å². The average Bonchev–Trinajstić information content (AvgIpc) is 2.74. The lowest BCUT2D eigenvalue weighted by atomic mass is 9.83. The number of nitrogens with zero attached hydrogens (tertiary/aromatic N) is 1. The number of fused-ring (bicyclic) bond motifs is 1. The Labute approximate surface area is 188 Å². The molecule has 0 bridgehead atoms. The molecule has 0 radical (unpaired) electrons. The number of anilines is 2. The number of sulfonamides is 1. The molecule has 0 spiro atoms. The van der Waals surface area contributed by atoms with Gasteiger partial charge in [0.05, 0.1) is 23.7 Å². The Kier molecular flexibility index (Phi) is 6.11. The van der Waals surface area contributed by atoms with E-state index >= 15 is 0 Å². The first kappa shape index (κ1) is 22.8. The molecular formula is C21H21F2N3O6S. The van der Waals surface area contributed by atoms with Crippen LogP contribution in [0.25, 0.3) is 0 Å². The SMILES string of the molecule is O=C(O)Nc1ccc2c(c1)N(S(=O)(=O)c1ccc(F)cc1)CC(CNC(=O)C1CC(F)C1)O2. The molecule has 1 atom stereocenters. The van der Waals surface area contributed by atoms with E-state index in [1.165, 1.54) is 18.2 Å². The molecule has 2 aromatic rings. The van der Waals surface area contributed by atoms with Crippen molar-refractivity contribution in [3.05, 3.63) is 48.3 Å². The summed E-state index contributed by atoms with van der Waals surface area (Å²) >= 11 is 0. The van der Waals surface area contributed by atoms with Crippen molar-refractivity contribution < 1.29 is 36.6 Å². The Morgan fingerprint density at radius 3 is 2.48 bits per heavy atom. The molecule has 1 aliphatic carbocycles.